The van der Waals surface area contributed by atoms with Gasteiger partial charge in [-0.3, -0.25) is 4.79 Å². The van der Waals surface area contributed by atoms with Crippen molar-refractivity contribution in [2.24, 2.45) is 0 Å². The summed E-state index contributed by atoms with van der Waals surface area (Å²) in [6.45, 7) is 2.00. The van der Waals surface area contributed by atoms with Gasteiger partial charge in [0.1, 0.15) is 16.2 Å². The van der Waals surface area contributed by atoms with Crippen molar-refractivity contribution in [3.05, 3.63) is 65.1 Å². The molecule has 0 aliphatic rings. The fourth-order valence-electron chi connectivity index (χ4n) is 2.72. The first kappa shape index (κ1) is 18.2. The number of nitrogens with one attached hydrogen (secondary N) is 1. The number of benzene rings is 1. The smallest absolute Gasteiger partial charge is 0.230 e. The lowest BCUT2D eigenvalue weighted by Gasteiger charge is -2.11. The molecule has 1 amide bonds. The first-order chi connectivity index (χ1) is 13.2. The second kappa shape index (κ2) is 8.21. The van der Waals surface area contributed by atoms with Crippen molar-refractivity contribution in [2.75, 3.05) is 5.75 Å². The Morgan fingerprint density at radius 1 is 1.19 bits per heavy atom. The molecule has 7 heteroatoms. The van der Waals surface area contributed by atoms with Crippen molar-refractivity contribution in [1.82, 2.24) is 15.3 Å². The van der Waals surface area contributed by atoms with E-state index in [1.807, 2.05) is 42.6 Å². The fraction of sp³-hybridized carbons (Fsp3) is 0.150. The summed E-state index contributed by atoms with van der Waals surface area (Å²) >= 11 is 4.75. The summed E-state index contributed by atoms with van der Waals surface area (Å²) in [5.41, 5.74) is 1.17. The van der Waals surface area contributed by atoms with E-state index in [0.29, 0.717) is 5.75 Å². The van der Waals surface area contributed by atoms with Gasteiger partial charge in [-0.1, -0.05) is 48.2 Å². The molecule has 1 N–H and O–H groups in total. The van der Waals surface area contributed by atoms with E-state index in [1.165, 1.54) is 17.3 Å². The summed E-state index contributed by atoms with van der Waals surface area (Å²) in [5, 5.41) is 6.91. The summed E-state index contributed by atoms with van der Waals surface area (Å²) in [7, 11) is 0. The molecule has 0 unspecified atom stereocenters. The van der Waals surface area contributed by atoms with Crippen molar-refractivity contribution in [1.29, 1.82) is 0 Å². The maximum absolute atomic E-state index is 12.3. The quantitative estimate of drug-likeness (QED) is 0.341. The Hall–Kier alpha value is -2.22. The van der Waals surface area contributed by atoms with Crippen LogP contribution in [0.5, 0.6) is 0 Å². The molecule has 0 saturated carbocycles. The van der Waals surface area contributed by atoms with Gasteiger partial charge in [-0.15, -0.1) is 22.7 Å². The number of carbonyl (C=O) groups is 1. The van der Waals surface area contributed by atoms with Crippen LogP contribution in [0.25, 0.3) is 20.7 Å². The minimum atomic E-state index is 0.00572. The molecular weight excluding hydrogens is 394 g/mol. The lowest BCUT2D eigenvalue weighted by molar-refractivity contribution is -0.119. The Balaban J connectivity index is 1.47. The van der Waals surface area contributed by atoms with E-state index < -0.39 is 0 Å². The zero-order valence-electron chi connectivity index (χ0n) is 14.6. The van der Waals surface area contributed by atoms with Crippen molar-refractivity contribution < 1.29 is 4.79 Å². The van der Waals surface area contributed by atoms with Gasteiger partial charge in [0, 0.05) is 15.1 Å². The lowest BCUT2D eigenvalue weighted by Crippen LogP contribution is -2.27. The molecule has 0 fully saturated rings. The van der Waals surface area contributed by atoms with Gasteiger partial charge in [0.05, 0.1) is 11.8 Å². The minimum absolute atomic E-state index is 0.00572. The normalized spacial score (nSPS) is 12.2. The molecule has 136 valence electrons. The summed E-state index contributed by atoms with van der Waals surface area (Å²) in [6, 6.07) is 16.4. The first-order valence-electron chi connectivity index (χ1n) is 8.46. The van der Waals surface area contributed by atoms with Crippen molar-refractivity contribution in [2.45, 2.75) is 18.0 Å². The van der Waals surface area contributed by atoms with Gasteiger partial charge in [-0.25, -0.2) is 9.97 Å². The van der Waals surface area contributed by atoms with E-state index in [-0.39, 0.29) is 11.9 Å². The molecule has 0 bridgehead atoms. The van der Waals surface area contributed by atoms with Crippen LogP contribution in [-0.2, 0) is 4.79 Å². The van der Waals surface area contributed by atoms with Gasteiger partial charge in [0.2, 0.25) is 5.91 Å². The van der Waals surface area contributed by atoms with Crippen LogP contribution in [0.3, 0.4) is 0 Å². The van der Waals surface area contributed by atoms with E-state index in [2.05, 4.69) is 33.5 Å². The largest absolute Gasteiger partial charge is 0.348 e. The van der Waals surface area contributed by atoms with Crippen LogP contribution in [0.1, 0.15) is 17.8 Å². The molecule has 1 atom stereocenters. The number of aromatic nitrogens is 2. The number of amides is 1. The Morgan fingerprint density at radius 2 is 2.04 bits per heavy atom. The van der Waals surface area contributed by atoms with Gasteiger partial charge in [0.15, 0.2) is 0 Å². The van der Waals surface area contributed by atoms with E-state index in [9.17, 15) is 4.79 Å². The molecule has 4 rings (SSSR count). The zero-order chi connectivity index (χ0) is 18.6. The number of rotatable bonds is 6. The van der Waals surface area contributed by atoms with E-state index in [1.54, 1.807) is 29.0 Å². The predicted molar refractivity (Wildman–Crippen MR) is 114 cm³/mol. The van der Waals surface area contributed by atoms with Crippen LogP contribution in [0.4, 0.5) is 0 Å². The fourth-order valence-corrected chi connectivity index (χ4v) is 5.31. The van der Waals surface area contributed by atoms with Gasteiger partial charge in [-0.05, 0) is 30.0 Å². The van der Waals surface area contributed by atoms with Crippen LogP contribution < -0.4 is 5.32 Å². The van der Waals surface area contributed by atoms with Gasteiger partial charge >= 0.3 is 0 Å². The topological polar surface area (TPSA) is 54.9 Å². The van der Waals surface area contributed by atoms with Crippen LogP contribution in [0, 0.1) is 0 Å². The molecule has 0 saturated heterocycles. The third kappa shape index (κ3) is 4.21. The molecule has 3 aromatic heterocycles. The maximum atomic E-state index is 12.3. The highest BCUT2D eigenvalue weighted by molar-refractivity contribution is 8.00. The number of nitrogens with zero attached hydrogens (tertiary/aromatic N) is 2. The van der Waals surface area contributed by atoms with Crippen LogP contribution in [0.15, 0.2) is 65.3 Å². The summed E-state index contributed by atoms with van der Waals surface area (Å²) < 4.78 is 0. The minimum Gasteiger partial charge on any atom is -0.348 e. The van der Waals surface area contributed by atoms with E-state index >= 15 is 0 Å². The Morgan fingerprint density at radius 3 is 2.81 bits per heavy atom. The van der Waals surface area contributed by atoms with Crippen LogP contribution in [0.2, 0.25) is 0 Å². The molecule has 4 nitrogen and oxygen atoms in total. The molecule has 0 spiro atoms. The number of thiophene rings is 2. The third-order valence-electron chi connectivity index (χ3n) is 4.04. The predicted octanol–water partition coefficient (Wildman–Crippen LogP) is 5.39. The maximum Gasteiger partial charge on any atom is 0.230 e. The Labute approximate surface area is 169 Å². The molecule has 3 heterocycles. The average molecular weight is 412 g/mol. The van der Waals surface area contributed by atoms with Crippen molar-refractivity contribution in [3.8, 4) is 10.4 Å². The molecule has 1 aromatic carbocycles. The SMILES string of the molecule is C[C@H](NC(=O)CSc1ncnc2sc(-c3ccccc3)cc12)c1cccs1. The Kier molecular flexibility index (Phi) is 5.52. The zero-order valence-corrected chi connectivity index (χ0v) is 17.0. The van der Waals surface area contributed by atoms with Crippen LogP contribution >= 0.6 is 34.4 Å². The van der Waals surface area contributed by atoms with Crippen molar-refractivity contribution in [3.63, 3.8) is 0 Å². The highest BCUT2D eigenvalue weighted by atomic mass is 32.2. The Bertz CT molecular complexity index is 1040. The molecule has 0 radical (unpaired) electrons. The monoisotopic (exact) mass is 411 g/mol. The van der Waals surface area contributed by atoms with E-state index in [4.69, 9.17) is 0 Å². The van der Waals surface area contributed by atoms with Crippen molar-refractivity contribution >= 4 is 50.6 Å². The molecule has 0 aliphatic heterocycles. The standard InChI is InChI=1S/C20H17N3OS3/c1-13(16-8-5-9-25-16)23-18(24)11-26-19-15-10-17(14-6-3-2-4-7-14)27-20(15)22-12-21-19/h2-10,12-13H,11H2,1H3,(H,23,24)/t13-/m0/s1. The van der Waals surface area contributed by atoms with Gasteiger partial charge in [-0.2, -0.15) is 0 Å². The highest BCUT2D eigenvalue weighted by Gasteiger charge is 2.14. The number of hydrogen-bond acceptors (Lipinski definition) is 6. The second-order valence-corrected chi connectivity index (χ2v) is 8.94. The molecule has 4 aromatic rings. The van der Waals surface area contributed by atoms with Crippen LogP contribution in [-0.4, -0.2) is 21.6 Å². The summed E-state index contributed by atoms with van der Waals surface area (Å²) in [4.78, 5) is 24.4. The van der Waals surface area contributed by atoms with E-state index in [0.717, 1.165) is 25.0 Å². The third-order valence-corrected chi connectivity index (χ3v) is 7.19. The molecule has 0 aliphatic carbocycles. The highest BCUT2D eigenvalue weighted by Crippen LogP contribution is 2.36. The molecular formula is C20H17N3OS3. The van der Waals surface area contributed by atoms with Gasteiger partial charge < -0.3 is 5.32 Å². The molecule has 27 heavy (non-hydrogen) atoms. The number of hydrogen-bond donors (Lipinski definition) is 1. The number of thioether (sulfide) groups is 1. The first-order valence-corrected chi connectivity index (χ1v) is 11.1. The van der Waals surface area contributed by atoms with Gasteiger partial charge in [0.25, 0.3) is 0 Å². The second-order valence-electron chi connectivity index (χ2n) is 5.97. The lowest BCUT2D eigenvalue weighted by atomic mass is 10.2. The number of carbonyl (C=O) groups excluding carboxylic acids is 1. The average Bonchev–Trinajstić information content (AvgIpc) is 3.37. The summed E-state index contributed by atoms with van der Waals surface area (Å²) in [5.74, 6) is 0.337. The summed E-state index contributed by atoms with van der Waals surface area (Å²) in [6.07, 6.45) is 1.57. The number of fused-ring (bicyclic) bond motifs is 1.